The molecule has 0 spiro atoms. The highest BCUT2D eigenvalue weighted by Gasteiger charge is 2.09. The fraction of sp³-hybridized carbons (Fsp3) is 0.714. The number of hydrogen-bond donors (Lipinski definition) is 1. The number of rotatable bonds is 5. The summed E-state index contributed by atoms with van der Waals surface area (Å²) in [6.07, 6.45) is 0.00877. The highest BCUT2D eigenvalue weighted by Crippen LogP contribution is 1.90. The Morgan fingerprint density at radius 1 is 1.33 bits per heavy atom. The number of carbonyl (C=O) groups is 2. The fourth-order valence-electron chi connectivity index (χ4n) is 0.492. The van der Waals surface area contributed by atoms with Crippen molar-refractivity contribution in [3.8, 4) is 0 Å². The van der Waals surface area contributed by atoms with Gasteiger partial charge in [-0.3, -0.25) is 9.59 Å². The molecule has 0 saturated carbocycles. The SMILES string of the molecule is COC(=O)CC(=O)OCCCO. The molecule has 1 N–H and O–H groups in total. The third-order valence-electron chi connectivity index (χ3n) is 1.08. The first-order valence-electron chi connectivity index (χ1n) is 3.54. The topological polar surface area (TPSA) is 72.8 Å². The summed E-state index contributed by atoms with van der Waals surface area (Å²) < 4.78 is 8.79. The zero-order valence-corrected chi connectivity index (χ0v) is 6.91. The molecule has 0 saturated heterocycles. The van der Waals surface area contributed by atoms with Crippen LogP contribution in [0.2, 0.25) is 0 Å². The van der Waals surface area contributed by atoms with Crippen LogP contribution in [0.15, 0.2) is 0 Å². The molecule has 0 aliphatic heterocycles. The highest BCUT2D eigenvalue weighted by atomic mass is 16.5. The van der Waals surface area contributed by atoms with Gasteiger partial charge in [0, 0.05) is 13.0 Å². The maximum atomic E-state index is 10.7. The Hall–Kier alpha value is -1.10. The number of carbonyl (C=O) groups excluding carboxylic acids is 2. The minimum absolute atomic E-state index is 0.0362. The molecule has 70 valence electrons. The van der Waals surface area contributed by atoms with Crippen molar-refractivity contribution in [2.45, 2.75) is 12.8 Å². The van der Waals surface area contributed by atoms with Crippen LogP contribution in [0.25, 0.3) is 0 Å². The van der Waals surface area contributed by atoms with Crippen molar-refractivity contribution in [3.05, 3.63) is 0 Å². The van der Waals surface area contributed by atoms with Crippen molar-refractivity contribution in [1.82, 2.24) is 0 Å². The molecule has 0 unspecified atom stereocenters. The van der Waals surface area contributed by atoms with E-state index in [2.05, 4.69) is 9.47 Å². The molecule has 0 rings (SSSR count). The van der Waals surface area contributed by atoms with E-state index in [9.17, 15) is 9.59 Å². The molecule has 0 bridgehead atoms. The Morgan fingerprint density at radius 2 is 2.00 bits per heavy atom. The van der Waals surface area contributed by atoms with Crippen LogP contribution in [-0.2, 0) is 19.1 Å². The van der Waals surface area contributed by atoms with Crippen molar-refractivity contribution < 1.29 is 24.2 Å². The lowest BCUT2D eigenvalue weighted by Crippen LogP contribution is -2.13. The van der Waals surface area contributed by atoms with Gasteiger partial charge >= 0.3 is 11.9 Å². The van der Waals surface area contributed by atoms with Crippen LogP contribution < -0.4 is 0 Å². The van der Waals surface area contributed by atoms with E-state index in [1.165, 1.54) is 7.11 Å². The average Bonchev–Trinajstić information content (AvgIpc) is 2.05. The molecule has 0 aliphatic rings. The van der Waals surface area contributed by atoms with E-state index in [0.717, 1.165) is 0 Å². The van der Waals surface area contributed by atoms with Gasteiger partial charge in [0.2, 0.25) is 0 Å². The standard InChI is InChI=1S/C7H12O5/c1-11-6(9)5-7(10)12-4-2-3-8/h8H,2-5H2,1H3. The second-order valence-electron chi connectivity index (χ2n) is 2.05. The molecular formula is C7H12O5. The Morgan fingerprint density at radius 3 is 2.50 bits per heavy atom. The van der Waals surface area contributed by atoms with Gasteiger partial charge in [-0.15, -0.1) is 0 Å². The zero-order chi connectivity index (χ0) is 9.40. The molecule has 0 fully saturated rings. The summed E-state index contributed by atoms with van der Waals surface area (Å²) in [4.78, 5) is 21.2. The van der Waals surface area contributed by atoms with Gasteiger partial charge in [0.15, 0.2) is 0 Å². The number of hydrogen-bond acceptors (Lipinski definition) is 5. The van der Waals surface area contributed by atoms with E-state index in [4.69, 9.17) is 5.11 Å². The van der Waals surface area contributed by atoms with Gasteiger partial charge in [-0.1, -0.05) is 0 Å². The molecule has 0 heterocycles. The summed E-state index contributed by atoms with van der Waals surface area (Å²) in [6.45, 7) is 0.0951. The molecule has 0 aromatic heterocycles. The Kier molecular flexibility index (Phi) is 6.00. The van der Waals surface area contributed by atoms with E-state index < -0.39 is 11.9 Å². The van der Waals surface area contributed by atoms with Gasteiger partial charge in [-0.2, -0.15) is 0 Å². The third-order valence-corrected chi connectivity index (χ3v) is 1.08. The summed E-state index contributed by atoms with van der Waals surface area (Å²) in [5.41, 5.74) is 0. The predicted molar refractivity (Wildman–Crippen MR) is 39.3 cm³/mol. The number of ether oxygens (including phenoxy) is 2. The molecule has 5 nitrogen and oxygen atoms in total. The maximum absolute atomic E-state index is 10.7. The first kappa shape index (κ1) is 10.9. The molecule has 0 aliphatic carbocycles. The van der Waals surface area contributed by atoms with Crippen molar-refractivity contribution in [2.24, 2.45) is 0 Å². The van der Waals surface area contributed by atoms with Crippen LogP contribution in [0.5, 0.6) is 0 Å². The van der Waals surface area contributed by atoms with E-state index in [0.29, 0.717) is 6.42 Å². The molecular weight excluding hydrogens is 164 g/mol. The lowest BCUT2D eigenvalue weighted by molar-refractivity contribution is -0.153. The van der Waals surface area contributed by atoms with Crippen molar-refractivity contribution in [1.29, 1.82) is 0 Å². The minimum Gasteiger partial charge on any atom is -0.469 e. The normalized spacial score (nSPS) is 9.17. The van der Waals surface area contributed by atoms with Crippen molar-refractivity contribution in [2.75, 3.05) is 20.3 Å². The zero-order valence-electron chi connectivity index (χ0n) is 6.91. The Bertz CT molecular complexity index is 154. The van der Waals surface area contributed by atoms with Crippen LogP contribution in [0.1, 0.15) is 12.8 Å². The van der Waals surface area contributed by atoms with E-state index in [1.54, 1.807) is 0 Å². The molecule has 0 amide bonds. The maximum Gasteiger partial charge on any atom is 0.317 e. The summed E-state index contributed by atoms with van der Waals surface area (Å²) in [5.74, 6) is -1.25. The van der Waals surface area contributed by atoms with Crippen molar-refractivity contribution in [3.63, 3.8) is 0 Å². The molecule has 12 heavy (non-hydrogen) atoms. The van der Waals surface area contributed by atoms with Gasteiger partial charge < -0.3 is 14.6 Å². The smallest absolute Gasteiger partial charge is 0.317 e. The predicted octanol–water partition coefficient (Wildman–Crippen LogP) is -0.525. The van der Waals surface area contributed by atoms with Gasteiger partial charge in [0.25, 0.3) is 0 Å². The third kappa shape index (κ3) is 5.67. The number of aliphatic hydroxyl groups excluding tert-OH is 1. The largest absolute Gasteiger partial charge is 0.469 e. The second-order valence-corrected chi connectivity index (χ2v) is 2.05. The van der Waals surface area contributed by atoms with Crippen LogP contribution >= 0.6 is 0 Å². The lowest BCUT2D eigenvalue weighted by atomic mass is 10.4. The van der Waals surface area contributed by atoms with Crippen LogP contribution in [0.3, 0.4) is 0 Å². The molecule has 0 aromatic carbocycles. The number of methoxy groups -OCH3 is 1. The van der Waals surface area contributed by atoms with E-state index in [-0.39, 0.29) is 19.6 Å². The summed E-state index contributed by atoms with van der Waals surface area (Å²) in [7, 11) is 1.20. The van der Waals surface area contributed by atoms with E-state index in [1.807, 2.05) is 0 Å². The van der Waals surface area contributed by atoms with Crippen LogP contribution in [0.4, 0.5) is 0 Å². The first-order chi connectivity index (χ1) is 5.70. The molecule has 0 aromatic rings. The number of aliphatic hydroxyl groups is 1. The fourth-order valence-corrected chi connectivity index (χ4v) is 0.492. The van der Waals surface area contributed by atoms with Crippen molar-refractivity contribution >= 4 is 11.9 Å². The second kappa shape index (κ2) is 6.60. The first-order valence-corrected chi connectivity index (χ1v) is 3.54. The lowest BCUT2D eigenvalue weighted by Gasteiger charge is -2.01. The molecule has 5 heteroatoms. The minimum atomic E-state index is -0.629. The van der Waals surface area contributed by atoms with Gasteiger partial charge in [0.05, 0.1) is 13.7 Å². The molecule has 0 radical (unpaired) electrons. The highest BCUT2D eigenvalue weighted by molar-refractivity contribution is 5.91. The quantitative estimate of drug-likeness (QED) is 0.346. The van der Waals surface area contributed by atoms with Crippen LogP contribution in [0, 0.1) is 0 Å². The Balaban J connectivity index is 3.40. The van der Waals surface area contributed by atoms with Gasteiger partial charge in [-0.05, 0) is 0 Å². The summed E-state index contributed by atoms with van der Waals surface area (Å²) >= 11 is 0. The summed E-state index contributed by atoms with van der Waals surface area (Å²) in [5, 5.41) is 8.32. The van der Waals surface area contributed by atoms with Crippen LogP contribution in [-0.4, -0.2) is 37.4 Å². The van der Waals surface area contributed by atoms with Gasteiger partial charge in [-0.25, -0.2) is 0 Å². The monoisotopic (exact) mass is 176 g/mol. The van der Waals surface area contributed by atoms with Gasteiger partial charge in [0.1, 0.15) is 6.42 Å². The molecule has 0 atom stereocenters. The van der Waals surface area contributed by atoms with E-state index >= 15 is 0 Å². The number of esters is 2. The average molecular weight is 176 g/mol. The Labute approximate surface area is 70.3 Å². The summed E-state index contributed by atoms with van der Waals surface area (Å²) in [6, 6.07) is 0.